The summed E-state index contributed by atoms with van der Waals surface area (Å²) in [6, 6.07) is 0.0440. The lowest BCUT2D eigenvalue weighted by molar-refractivity contribution is -0.137. The number of nitrogens with zero attached hydrogens (tertiary/aromatic N) is 2. The second-order valence-corrected chi connectivity index (χ2v) is 8.80. The fraction of sp³-hybridized carbons (Fsp3) is 0.895. The Morgan fingerprint density at radius 1 is 1.28 bits per heavy atom. The Hall–Kier alpha value is -1.30. The third kappa shape index (κ3) is 5.33. The molecule has 0 aliphatic carbocycles. The lowest BCUT2D eigenvalue weighted by Gasteiger charge is -2.25. The van der Waals surface area contributed by atoms with Gasteiger partial charge in [-0.05, 0) is 37.0 Å². The van der Waals surface area contributed by atoms with Crippen molar-refractivity contribution < 1.29 is 14.7 Å². The van der Waals surface area contributed by atoms with Gasteiger partial charge in [0.1, 0.15) is 6.23 Å². The largest absolute Gasteiger partial charge is 0.373 e. The minimum atomic E-state index is -0.645. The third-order valence-electron chi connectivity index (χ3n) is 5.50. The van der Waals surface area contributed by atoms with Crippen molar-refractivity contribution in [2.45, 2.75) is 66.0 Å². The van der Waals surface area contributed by atoms with Crippen molar-refractivity contribution in [1.29, 1.82) is 0 Å². The SMILES string of the molecule is C[C@H]1CCN(C(=O)NCCCCCN2C(=O)C(C(C)(C)C)CC2O)C1. The molecule has 6 heteroatoms. The van der Waals surface area contributed by atoms with E-state index < -0.39 is 6.23 Å². The second-order valence-electron chi connectivity index (χ2n) is 8.80. The molecule has 0 aromatic heterocycles. The Balaban J connectivity index is 1.60. The highest BCUT2D eigenvalue weighted by molar-refractivity contribution is 5.81. The topological polar surface area (TPSA) is 72.9 Å². The summed E-state index contributed by atoms with van der Waals surface area (Å²) < 4.78 is 0. The van der Waals surface area contributed by atoms with Crippen molar-refractivity contribution in [1.82, 2.24) is 15.1 Å². The molecule has 3 amide bonds. The van der Waals surface area contributed by atoms with Gasteiger partial charge in [-0.15, -0.1) is 0 Å². The Labute approximate surface area is 151 Å². The van der Waals surface area contributed by atoms with Gasteiger partial charge in [0, 0.05) is 38.5 Å². The Morgan fingerprint density at radius 3 is 2.56 bits per heavy atom. The number of hydrogen-bond donors (Lipinski definition) is 2. The first-order valence-electron chi connectivity index (χ1n) is 9.71. The molecule has 0 radical (unpaired) electrons. The van der Waals surface area contributed by atoms with Crippen molar-refractivity contribution >= 4 is 11.9 Å². The first-order chi connectivity index (χ1) is 11.7. The van der Waals surface area contributed by atoms with Crippen LogP contribution in [0.2, 0.25) is 0 Å². The van der Waals surface area contributed by atoms with E-state index in [0.29, 0.717) is 25.4 Å². The van der Waals surface area contributed by atoms with E-state index in [1.165, 1.54) is 0 Å². The van der Waals surface area contributed by atoms with Crippen LogP contribution in [0.4, 0.5) is 4.79 Å². The minimum Gasteiger partial charge on any atom is -0.373 e. The predicted octanol–water partition coefficient (Wildman–Crippen LogP) is 2.42. The van der Waals surface area contributed by atoms with Crippen molar-refractivity contribution in [3.63, 3.8) is 0 Å². The van der Waals surface area contributed by atoms with Gasteiger partial charge in [-0.1, -0.05) is 27.7 Å². The quantitative estimate of drug-likeness (QED) is 0.720. The monoisotopic (exact) mass is 353 g/mol. The molecule has 0 aromatic rings. The van der Waals surface area contributed by atoms with Crippen LogP contribution in [0.1, 0.15) is 59.8 Å². The molecule has 144 valence electrons. The molecule has 25 heavy (non-hydrogen) atoms. The van der Waals surface area contributed by atoms with Crippen LogP contribution in [-0.2, 0) is 4.79 Å². The summed E-state index contributed by atoms with van der Waals surface area (Å²) in [5, 5.41) is 13.1. The van der Waals surface area contributed by atoms with Crippen molar-refractivity contribution in [2.75, 3.05) is 26.2 Å². The maximum Gasteiger partial charge on any atom is 0.317 e. The Morgan fingerprint density at radius 2 is 2.00 bits per heavy atom. The summed E-state index contributed by atoms with van der Waals surface area (Å²) in [6.45, 7) is 11.3. The maximum atomic E-state index is 12.4. The number of hydrogen-bond acceptors (Lipinski definition) is 3. The Bertz CT molecular complexity index is 475. The van der Waals surface area contributed by atoms with Gasteiger partial charge in [0.25, 0.3) is 0 Å². The maximum absolute atomic E-state index is 12.4. The molecule has 2 rings (SSSR count). The van der Waals surface area contributed by atoms with Gasteiger partial charge in [-0.25, -0.2) is 4.79 Å². The van der Waals surface area contributed by atoms with Crippen LogP contribution in [0, 0.1) is 17.3 Å². The number of rotatable bonds is 6. The normalized spacial score (nSPS) is 27.2. The zero-order valence-electron chi connectivity index (χ0n) is 16.3. The molecule has 6 nitrogen and oxygen atoms in total. The fourth-order valence-electron chi connectivity index (χ4n) is 3.78. The number of carbonyl (C=O) groups excluding carboxylic acids is 2. The van der Waals surface area contributed by atoms with Gasteiger partial charge in [0.15, 0.2) is 0 Å². The molecule has 3 atom stereocenters. The van der Waals surface area contributed by atoms with Crippen molar-refractivity contribution in [3.8, 4) is 0 Å². The van der Waals surface area contributed by atoms with Crippen molar-refractivity contribution in [2.24, 2.45) is 17.3 Å². The van der Waals surface area contributed by atoms with E-state index in [4.69, 9.17) is 0 Å². The fourth-order valence-corrected chi connectivity index (χ4v) is 3.78. The minimum absolute atomic E-state index is 0.0440. The number of likely N-dealkylation sites (tertiary alicyclic amines) is 2. The van der Waals surface area contributed by atoms with Crippen LogP contribution >= 0.6 is 0 Å². The zero-order valence-corrected chi connectivity index (χ0v) is 16.3. The lowest BCUT2D eigenvalue weighted by Crippen LogP contribution is -2.39. The van der Waals surface area contributed by atoms with E-state index in [2.05, 4.69) is 33.0 Å². The van der Waals surface area contributed by atoms with Crippen molar-refractivity contribution in [3.05, 3.63) is 0 Å². The summed E-state index contributed by atoms with van der Waals surface area (Å²) in [6.07, 6.45) is 3.68. The number of unbranched alkanes of at least 4 members (excludes halogenated alkanes) is 2. The summed E-state index contributed by atoms with van der Waals surface area (Å²) in [5.41, 5.74) is -0.107. The number of carbonyl (C=O) groups is 2. The smallest absolute Gasteiger partial charge is 0.317 e. The van der Waals surface area contributed by atoms with E-state index in [0.717, 1.165) is 38.8 Å². The van der Waals surface area contributed by atoms with E-state index >= 15 is 0 Å². The van der Waals surface area contributed by atoms with E-state index in [-0.39, 0.29) is 23.3 Å². The van der Waals surface area contributed by atoms with Crippen LogP contribution in [0.25, 0.3) is 0 Å². The van der Waals surface area contributed by atoms with Gasteiger partial charge < -0.3 is 20.2 Å². The molecule has 0 aromatic carbocycles. The van der Waals surface area contributed by atoms with Crippen LogP contribution in [0.15, 0.2) is 0 Å². The number of nitrogens with one attached hydrogen (secondary N) is 1. The molecular formula is C19H35N3O3. The molecule has 0 saturated carbocycles. The van der Waals surface area contributed by atoms with Crippen LogP contribution in [0.3, 0.4) is 0 Å². The first-order valence-corrected chi connectivity index (χ1v) is 9.71. The lowest BCUT2D eigenvalue weighted by atomic mass is 9.80. The van der Waals surface area contributed by atoms with Gasteiger partial charge in [-0.2, -0.15) is 0 Å². The highest BCUT2D eigenvalue weighted by Gasteiger charge is 2.43. The summed E-state index contributed by atoms with van der Waals surface area (Å²) in [4.78, 5) is 27.9. The standard InChI is InChI=1S/C19H35N3O3/c1-14-8-11-21(13-14)18(25)20-9-6-5-7-10-22-16(23)12-15(17(22)24)19(2,3)4/h14-16,23H,5-13H2,1-4H3,(H,20,25)/t14-,15?,16?/m0/s1. The summed E-state index contributed by atoms with van der Waals surface area (Å²) >= 11 is 0. The molecule has 0 spiro atoms. The highest BCUT2D eigenvalue weighted by atomic mass is 16.3. The van der Waals surface area contributed by atoms with Crippen LogP contribution in [0.5, 0.6) is 0 Å². The number of aliphatic hydroxyl groups excluding tert-OH is 1. The molecule has 2 aliphatic heterocycles. The summed E-state index contributed by atoms with van der Waals surface area (Å²) in [5.74, 6) is 0.591. The molecular weight excluding hydrogens is 318 g/mol. The molecule has 2 heterocycles. The molecule has 2 saturated heterocycles. The highest BCUT2D eigenvalue weighted by Crippen LogP contribution is 2.37. The summed E-state index contributed by atoms with van der Waals surface area (Å²) in [7, 11) is 0. The van der Waals surface area contributed by atoms with Crippen LogP contribution in [-0.4, -0.2) is 59.3 Å². The first kappa shape index (κ1) is 20.0. The number of urea groups is 1. The van der Waals surface area contributed by atoms with E-state index in [1.807, 2.05) is 4.90 Å². The Kier molecular flexibility index (Phi) is 6.72. The molecule has 2 unspecified atom stereocenters. The molecule has 0 bridgehead atoms. The van der Waals surface area contributed by atoms with E-state index in [1.54, 1.807) is 4.90 Å². The van der Waals surface area contributed by atoms with Gasteiger partial charge in [0.2, 0.25) is 5.91 Å². The van der Waals surface area contributed by atoms with E-state index in [9.17, 15) is 14.7 Å². The van der Waals surface area contributed by atoms with Crippen LogP contribution < -0.4 is 5.32 Å². The molecule has 2 fully saturated rings. The average Bonchev–Trinajstić information content (AvgIpc) is 3.07. The third-order valence-corrected chi connectivity index (χ3v) is 5.50. The van der Waals surface area contributed by atoms with Gasteiger partial charge in [-0.3, -0.25) is 4.79 Å². The number of aliphatic hydroxyl groups is 1. The second kappa shape index (κ2) is 8.39. The average molecular weight is 354 g/mol. The number of amides is 3. The molecule has 2 N–H and O–H groups in total. The zero-order chi connectivity index (χ0) is 18.6. The van der Waals surface area contributed by atoms with Gasteiger partial charge in [0.05, 0.1) is 0 Å². The predicted molar refractivity (Wildman–Crippen MR) is 97.9 cm³/mol. The van der Waals surface area contributed by atoms with Gasteiger partial charge >= 0.3 is 6.03 Å². The molecule has 2 aliphatic rings.